The number of rotatable bonds is 7. The van der Waals surface area contributed by atoms with Crippen molar-refractivity contribution in [3.05, 3.63) is 89.7 Å². The van der Waals surface area contributed by atoms with Crippen LogP contribution in [0.4, 0.5) is 15.8 Å². The number of ether oxygens (including phenoxy) is 2. The van der Waals surface area contributed by atoms with E-state index < -0.39 is 17.0 Å². The van der Waals surface area contributed by atoms with Crippen LogP contribution in [0.5, 0.6) is 5.75 Å². The Kier molecular flexibility index (Phi) is 8.19. The molecule has 0 bridgehead atoms. The van der Waals surface area contributed by atoms with E-state index in [1.165, 1.54) is 36.3 Å². The van der Waals surface area contributed by atoms with Gasteiger partial charge in [0.25, 0.3) is 0 Å². The Labute approximate surface area is 217 Å². The zero-order valence-electron chi connectivity index (χ0n) is 20.1. The largest absolute Gasteiger partial charge is 0.497 e. The summed E-state index contributed by atoms with van der Waals surface area (Å²) >= 11 is 1.16. The molecule has 3 aromatic carbocycles. The molecule has 190 valence electrons. The second-order valence-corrected chi connectivity index (χ2v) is 9.24. The van der Waals surface area contributed by atoms with Gasteiger partial charge in [0, 0.05) is 12.1 Å². The number of benzene rings is 3. The predicted octanol–water partition coefficient (Wildman–Crippen LogP) is 4.78. The minimum absolute atomic E-state index is 0.0324. The van der Waals surface area contributed by atoms with Crippen LogP contribution in [0.2, 0.25) is 0 Å². The summed E-state index contributed by atoms with van der Waals surface area (Å²) in [5, 5.41) is 2.38. The quantitative estimate of drug-likeness (QED) is 0.450. The Bertz CT molecular complexity index is 1310. The number of hydrogen-bond donors (Lipinski definition) is 1. The van der Waals surface area contributed by atoms with Gasteiger partial charge >= 0.3 is 5.97 Å². The lowest BCUT2D eigenvalue weighted by Crippen LogP contribution is -2.44. The maximum atomic E-state index is 13.4. The summed E-state index contributed by atoms with van der Waals surface area (Å²) in [5.74, 6) is -0.830. The van der Waals surface area contributed by atoms with Crippen LogP contribution >= 0.6 is 11.8 Å². The number of nitrogens with one attached hydrogen (secondary N) is 1. The Morgan fingerprint density at radius 3 is 2.32 bits per heavy atom. The van der Waals surface area contributed by atoms with Gasteiger partial charge in [0.15, 0.2) is 5.17 Å². The zero-order valence-corrected chi connectivity index (χ0v) is 21.0. The van der Waals surface area contributed by atoms with Crippen molar-refractivity contribution in [2.24, 2.45) is 4.99 Å². The van der Waals surface area contributed by atoms with Gasteiger partial charge in [0.2, 0.25) is 11.8 Å². The third kappa shape index (κ3) is 6.53. The summed E-state index contributed by atoms with van der Waals surface area (Å²) in [6, 6.07) is 19.1. The minimum Gasteiger partial charge on any atom is -0.497 e. The van der Waals surface area contributed by atoms with Crippen molar-refractivity contribution in [1.29, 1.82) is 0 Å². The molecule has 1 atom stereocenters. The lowest BCUT2D eigenvalue weighted by atomic mass is 10.1. The number of thioether (sulfide) groups is 1. The fourth-order valence-corrected chi connectivity index (χ4v) is 4.66. The van der Waals surface area contributed by atoms with Gasteiger partial charge in [-0.05, 0) is 66.2 Å². The Morgan fingerprint density at radius 2 is 1.70 bits per heavy atom. The molecule has 8 nitrogen and oxygen atoms in total. The molecule has 1 heterocycles. The highest BCUT2D eigenvalue weighted by Crippen LogP contribution is 2.31. The zero-order chi connectivity index (χ0) is 26.4. The maximum absolute atomic E-state index is 13.4. The standard InChI is InChI=1S/C27H24FN3O5S/c1-35-22-13-3-17(4-14-22)16-31-24(32)15-23(37-27(31)30-21-11-7-19(28)8-12-21)25(33)29-20-9-5-18(6-10-20)26(34)36-2/h3-14,23H,15-16H2,1-2H3,(H,29,33)/t23-/m1/s1. The van der Waals surface area contributed by atoms with Gasteiger partial charge in [-0.25, -0.2) is 14.2 Å². The third-order valence-electron chi connectivity index (χ3n) is 5.56. The van der Waals surface area contributed by atoms with Gasteiger partial charge < -0.3 is 14.8 Å². The maximum Gasteiger partial charge on any atom is 0.337 e. The van der Waals surface area contributed by atoms with E-state index in [4.69, 9.17) is 4.74 Å². The van der Waals surface area contributed by atoms with Crippen LogP contribution in [0.25, 0.3) is 0 Å². The summed E-state index contributed by atoms with van der Waals surface area (Å²) < 4.78 is 23.3. The number of carbonyl (C=O) groups is 3. The van der Waals surface area contributed by atoms with E-state index in [0.717, 1.165) is 17.3 Å². The third-order valence-corrected chi connectivity index (χ3v) is 6.74. The summed E-state index contributed by atoms with van der Waals surface area (Å²) in [6.07, 6.45) is -0.0324. The Hall–Kier alpha value is -4.18. The number of carbonyl (C=O) groups excluding carboxylic acids is 3. The van der Waals surface area contributed by atoms with Crippen LogP contribution in [0.1, 0.15) is 22.3 Å². The van der Waals surface area contributed by atoms with Gasteiger partial charge in [-0.3, -0.25) is 14.5 Å². The molecule has 1 aliphatic heterocycles. The van der Waals surface area contributed by atoms with Crippen molar-refractivity contribution >= 4 is 46.1 Å². The summed E-state index contributed by atoms with van der Waals surface area (Å²) in [5.41, 5.74) is 2.14. The smallest absolute Gasteiger partial charge is 0.337 e. The fraction of sp³-hybridized carbons (Fsp3) is 0.185. The second kappa shape index (κ2) is 11.7. The fourth-order valence-electron chi connectivity index (χ4n) is 3.57. The van der Waals surface area contributed by atoms with E-state index in [-0.39, 0.29) is 24.8 Å². The van der Waals surface area contributed by atoms with Crippen LogP contribution in [0.3, 0.4) is 0 Å². The molecule has 0 radical (unpaired) electrons. The normalized spacial score (nSPS) is 16.4. The number of halogens is 1. The average Bonchev–Trinajstić information content (AvgIpc) is 2.92. The number of methoxy groups -OCH3 is 2. The molecule has 0 aliphatic carbocycles. The van der Waals surface area contributed by atoms with Crippen molar-refractivity contribution in [3.8, 4) is 5.75 Å². The number of amides is 2. The molecule has 1 fully saturated rings. The molecule has 1 N–H and O–H groups in total. The lowest BCUT2D eigenvalue weighted by Gasteiger charge is -2.32. The van der Waals surface area contributed by atoms with Crippen LogP contribution < -0.4 is 10.1 Å². The highest BCUT2D eigenvalue weighted by Gasteiger charge is 2.36. The van der Waals surface area contributed by atoms with Crippen molar-refractivity contribution in [1.82, 2.24) is 4.90 Å². The van der Waals surface area contributed by atoms with Gasteiger partial charge in [-0.15, -0.1) is 0 Å². The number of aliphatic imine (C=N–C) groups is 1. The van der Waals surface area contributed by atoms with E-state index in [2.05, 4.69) is 15.0 Å². The molecule has 37 heavy (non-hydrogen) atoms. The van der Waals surface area contributed by atoms with E-state index in [1.54, 1.807) is 43.5 Å². The van der Waals surface area contributed by atoms with Crippen LogP contribution in [0.15, 0.2) is 77.8 Å². The van der Waals surface area contributed by atoms with Crippen molar-refractivity contribution in [2.75, 3.05) is 19.5 Å². The lowest BCUT2D eigenvalue weighted by molar-refractivity contribution is -0.129. The Balaban J connectivity index is 1.55. The van der Waals surface area contributed by atoms with Crippen molar-refractivity contribution in [3.63, 3.8) is 0 Å². The number of esters is 1. The monoisotopic (exact) mass is 521 g/mol. The van der Waals surface area contributed by atoms with E-state index in [0.29, 0.717) is 27.9 Å². The van der Waals surface area contributed by atoms with Crippen molar-refractivity contribution in [2.45, 2.75) is 18.2 Å². The van der Waals surface area contributed by atoms with E-state index >= 15 is 0 Å². The van der Waals surface area contributed by atoms with Gasteiger partial charge in [0.05, 0.1) is 32.0 Å². The van der Waals surface area contributed by atoms with E-state index in [9.17, 15) is 18.8 Å². The molecule has 10 heteroatoms. The van der Waals surface area contributed by atoms with Crippen molar-refractivity contribution < 1.29 is 28.2 Å². The SMILES string of the molecule is COC(=O)c1ccc(NC(=O)[C@H]2CC(=O)N(Cc3ccc(OC)cc3)C(=Nc3ccc(F)cc3)S2)cc1. The molecule has 4 rings (SSSR count). The topological polar surface area (TPSA) is 97.3 Å². The van der Waals surface area contributed by atoms with Crippen LogP contribution in [0, 0.1) is 5.82 Å². The first kappa shape index (κ1) is 25.9. The first-order valence-electron chi connectivity index (χ1n) is 11.3. The van der Waals surface area contributed by atoms with Gasteiger partial charge in [-0.1, -0.05) is 23.9 Å². The molecule has 1 aliphatic rings. The molecule has 0 spiro atoms. The summed E-state index contributed by atoms with van der Waals surface area (Å²) in [6.45, 7) is 0.249. The minimum atomic E-state index is -0.737. The molecule has 0 unspecified atom stereocenters. The summed E-state index contributed by atoms with van der Waals surface area (Å²) in [7, 11) is 2.87. The molecule has 0 aromatic heterocycles. The molecular formula is C27H24FN3O5S. The first-order chi connectivity index (χ1) is 17.9. The average molecular weight is 522 g/mol. The number of hydrogen-bond acceptors (Lipinski definition) is 7. The van der Waals surface area contributed by atoms with Gasteiger partial charge in [-0.2, -0.15) is 0 Å². The molecule has 3 aromatic rings. The first-order valence-corrected chi connectivity index (χ1v) is 12.2. The number of anilines is 1. The molecular weight excluding hydrogens is 497 g/mol. The number of nitrogens with zero attached hydrogens (tertiary/aromatic N) is 2. The second-order valence-electron chi connectivity index (χ2n) is 8.07. The highest BCUT2D eigenvalue weighted by atomic mass is 32.2. The molecule has 1 saturated heterocycles. The highest BCUT2D eigenvalue weighted by molar-refractivity contribution is 8.15. The predicted molar refractivity (Wildman–Crippen MR) is 139 cm³/mol. The Morgan fingerprint density at radius 1 is 1.03 bits per heavy atom. The number of amidine groups is 1. The molecule has 0 saturated carbocycles. The van der Waals surface area contributed by atoms with Gasteiger partial charge in [0.1, 0.15) is 16.8 Å². The molecule has 2 amide bonds. The van der Waals surface area contributed by atoms with Crippen LogP contribution in [-0.4, -0.2) is 47.3 Å². The van der Waals surface area contributed by atoms with Crippen LogP contribution in [-0.2, 0) is 20.9 Å². The summed E-state index contributed by atoms with van der Waals surface area (Å²) in [4.78, 5) is 44.0. The van der Waals surface area contributed by atoms with E-state index in [1.807, 2.05) is 12.1 Å².